The van der Waals surface area contributed by atoms with E-state index in [1.165, 1.54) is 0 Å². The highest BCUT2D eigenvalue weighted by Crippen LogP contribution is 2.32. The standard InChI is InChI=1S/C15H18BrN3O3.ClH/c1-9(10-4-6-17-7-5-10)21-13-8-11(2-3-12(13)16)14-18-19-15(20)22-14;/h2-3,8-10,17H,4-7H2,1H3,(H,19,20);1H. The van der Waals surface area contributed by atoms with Crippen molar-refractivity contribution in [3.05, 3.63) is 33.2 Å². The highest BCUT2D eigenvalue weighted by molar-refractivity contribution is 9.10. The van der Waals surface area contributed by atoms with Gasteiger partial charge in [0.1, 0.15) is 5.75 Å². The first-order valence-electron chi connectivity index (χ1n) is 7.36. The normalized spacial score (nSPS) is 16.6. The van der Waals surface area contributed by atoms with Gasteiger partial charge in [-0.1, -0.05) is 0 Å². The highest BCUT2D eigenvalue weighted by Gasteiger charge is 2.22. The summed E-state index contributed by atoms with van der Waals surface area (Å²) in [5.74, 6) is 0.967. The van der Waals surface area contributed by atoms with Crippen LogP contribution in [0.3, 0.4) is 0 Å². The number of ether oxygens (including phenoxy) is 1. The molecule has 1 atom stereocenters. The monoisotopic (exact) mass is 403 g/mol. The van der Waals surface area contributed by atoms with Gasteiger partial charge < -0.3 is 14.5 Å². The summed E-state index contributed by atoms with van der Waals surface area (Å²) in [5.41, 5.74) is 0.703. The van der Waals surface area contributed by atoms with Gasteiger partial charge in [0, 0.05) is 5.56 Å². The average Bonchev–Trinajstić information content (AvgIpc) is 2.97. The van der Waals surface area contributed by atoms with Gasteiger partial charge in [0.2, 0.25) is 5.89 Å². The number of aromatic nitrogens is 2. The highest BCUT2D eigenvalue weighted by atomic mass is 79.9. The third kappa shape index (κ3) is 4.37. The van der Waals surface area contributed by atoms with Gasteiger partial charge in [-0.25, -0.2) is 9.89 Å². The molecule has 3 rings (SSSR count). The van der Waals surface area contributed by atoms with Crippen molar-refractivity contribution in [3.8, 4) is 17.2 Å². The van der Waals surface area contributed by atoms with E-state index in [0.717, 1.165) is 36.2 Å². The molecule has 126 valence electrons. The predicted octanol–water partition coefficient (Wildman–Crippen LogP) is 2.98. The molecule has 1 aliphatic heterocycles. The fourth-order valence-corrected chi connectivity index (χ4v) is 3.03. The summed E-state index contributed by atoms with van der Waals surface area (Å²) in [6.07, 6.45) is 2.36. The van der Waals surface area contributed by atoms with E-state index in [-0.39, 0.29) is 24.4 Å². The van der Waals surface area contributed by atoms with E-state index >= 15 is 0 Å². The molecule has 6 nitrogen and oxygen atoms in total. The minimum Gasteiger partial charge on any atom is -0.489 e. The topological polar surface area (TPSA) is 80.2 Å². The fraction of sp³-hybridized carbons (Fsp3) is 0.467. The van der Waals surface area contributed by atoms with E-state index in [1.54, 1.807) is 0 Å². The Morgan fingerprint density at radius 3 is 2.78 bits per heavy atom. The maximum absolute atomic E-state index is 11.1. The molecule has 0 bridgehead atoms. The average molecular weight is 405 g/mol. The first-order valence-corrected chi connectivity index (χ1v) is 8.15. The maximum atomic E-state index is 11.1. The minimum absolute atomic E-state index is 0. The number of hydrogen-bond acceptors (Lipinski definition) is 5. The number of rotatable bonds is 4. The van der Waals surface area contributed by atoms with Crippen molar-refractivity contribution in [2.45, 2.75) is 25.9 Å². The van der Waals surface area contributed by atoms with Crippen LogP contribution in [0.5, 0.6) is 5.75 Å². The number of aromatic amines is 1. The first kappa shape index (κ1) is 18.0. The van der Waals surface area contributed by atoms with Crippen LogP contribution in [0.25, 0.3) is 11.5 Å². The van der Waals surface area contributed by atoms with Crippen LogP contribution >= 0.6 is 28.3 Å². The number of H-pyrrole nitrogens is 1. The van der Waals surface area contributed by atoms with Gasteiger partial charge in [-0.05, 0) is 72.9 Å². The van der Waals surface area contributed by atoms with E-state index in [0.29, 0.717) is 11.5 Å². The molecule has 1 fully saturated rings. The Kier molecular flexibility index (Phi) is 6.26. The number of benzene rings is 1. The van der Waals surface area contributed by atoms with Gasteiger partial charge in [-0.3, -0.25) is 0 Å². The van der Waals surface area contributed by atoms with Crippen LogP contribution in [0, 0.1) is 5.92 Å². The van der Waals surface area contributed by atoms with E-state index in [2.05, 4.69) is 38.4 Å². The number of nitrogens with zero attached hydrogens (tertiary/aromatic N) is 1. The molecule has 0 spiro atoms. The van der Waals surface area contributed by atoms with E-state index in [4.69, 9.17) is 9.15 Å². The summed E-state index contributed by atoms with van der Waals surface area (Å²) in [6, 6.07) is 5.53. The lowest BCUT2D eigenvalue weighted by Crippen LogP contribution is -2.35. The van der Waals surface area contributed by atoms with Crippen LogP contribution < -0.4 is 15.8 Å². The Bertz CT molecular complexity index is 697. The summed E-state index contributed by atoms with van der Waals surface area (Å²) in [5, 5.41) is 9.46. The van der Waals surface area contributed by atoms with Crippen molar-refractivity contribution >= 4 is 28.3 Å². The summed E-state index contributed by atoms with van der Waals surface area (Å²) >= 11 is 3.50. The Morgan fingerprint density at radius 1 is 1.39 bits per heavy atom. The number of nitrogens with one attached hydrogen (secondary N) is 2. The molecule has 1 aromatic carbocycles. The lowest BCUT2D eigenvalue weighted by molar-refractivity contribution is 0.127. The van der Waals surface area contributed by atoms with Crippen LogP contribution in [0.1, 0.15) is 19.8 Å². The van der Waals surface area contributed by atoms with Crippen LogP contribution in [0.15, 0.2) is 31.9 Å². The third-order valence-corrected chi connectivity index (χ3v) is 4.63. The fourth-order valence-electron chi connectivity index (χ4n) is 2.69. The van der Waals surface area contributed by atoms with Crippen molar-refractivity contribution in [1.82, 2.24) is 15.5 Å². The summed E-state index contributed by atoms with van der Waals surface area (Å²) in [4.78, 5) is 11.1. The Balaban J connectivity index is 0.00000192. The molecular weight excluding hydrogens is 386 g/mol. The molecule has 1 aromatic heterocycles. The van der Waals surface area contributed by atoms with Gasteiger partial charge in [0.25, 0.3) is 0 Å². The van der Waals surface area contributed by atoms with E-state index in [9.17, 15) is 4.79 Å². The Hall–Kier alpha value is -1.31. The van der Waals surface area contributed by atoms with Crippen molar-refractivity contribution in [2.75, 3.05) is 13.1 Å². The zero-order valence-corrected chi connectivity index (χ0v) is 15.1. The third-order valence-electron chi connectivity index (χ3n) is 3.98. The lowest BCUT2D eigenvalue weighted by atomic mass is 9.93. The molecule has 0 aliphatic carbocycles. The quantitative estimate of drug-likeness (QED) is 0.819. The SMILES string of the molecule is CC(Oc1cc(-c2n[nH]c(=O)o2)ccc1Br)C1CCNCC1.Cl. The molecule has 2 N–H and O–H groups in total. The summed E-state index contributed by atoms with van der Waals surface area (Å²) in [7, 11) is 0. The zero-order chi connectivity index (χ0) is 15.5. The van der Waals surface area contributed by atoms with Crippen molar-refractivity contribution < 1.29 is 9.15 Å². The summed E-state index contributed by atoms with van der Waals surface area (Å²) in [6.45, 7) is 4.18. The molecule has 8 heteroatoms. The first-order chi connectivity index (χ1) is 10.6. The van der Waals surface area contributed by atoms with Crippen molar-refractivity contribution in [3.63, 3.8) is 0 Å². The molecule has 1 aliphatic rings. The van der Waals surface area contributed by atoms with Crippen LogP contribution in [0.4, 0.5) is 0 Å². The number of halogens is 2. The molecule has 0 amide bonds. The maximum Gasteiger partial charge on any atom is 0.434 e. The van der Waals surface area contributed by atoms with Gasteiger partial charge >= 0.3 is 5.76 Å². The Labute approximate surface area is 148 Å². The zero-order valence-electron chi connectivity index (χ0n) is 12.7. The molecular formula is C15H19BrClN3O3. The van der Waals surface area contributed by atoms with Gasteiger partial charge in [-0.15, -0.1) is 17.5 Å². The van der Waals surface area contributed by atoms with Crippen molar-refractivity contribution in [1.29, 1.82) is 0 Å². The molecule has 0 radical (unpaired) electrons. The largest absolute Gasteiger partial charge is 0.489 e. The second-order valence-corrected chi connectivity index (χ2v) is 6.33. The van der Waals surface area contributed by atoms with Crippen LogP contribution in [0.2, 0.25) is 0 Å². The molecule has 1 saturated heterocycles. The van der Waals surface area contributed by atoms with Gasteiger partial charge in [0.15, 0.2) is 0 Å². The number of hydrogen-bond donors (Lipinski definition) is 2. The number of piperidine rings is 1. The Morgan fingerprint density at radius 2 is 2.13 bits per heavy atom. The second-order valence-electron chi connectivity index (χ2n) is 5.47. The van der Waals surface area contributed by atoms with Gasteiger partial charge in [-0.2, -0.15) is 0 Å². The van der Waals surface area contributed by atoms with E-state index < -0.39 is 5.76 Å². The smallest absolute Gasteiger partial charge is 0.434 e. The summed E-state index contributed by atoms with van der Waals surface area (Å²) < 4.78 is 12.0. The molecule has 1 unspecified atom stereocenters. The molecule has 0 saturated carbocycles. The lowest BCUT2D eigenvalue weighted by Gasteiger charge is -2.29. The van der Waals surface area contributed by atoms with Crippen LogP contribution in [-0.4, -0.2) is 29.4 Å². The minimum atomic E-state index is -0.566. The second kappa shape index (κ2) is 7.99. The van der Waals surface area contributed by atoms with E-state index in [1.807, 2.05) is 18.2 Å². The van der Waals surface area contributed by atoms with Crippen LogP contribution in [-0.2, 0) is 0 Å². The molecule has 23 heavy (non-hydrogen) atoms. The molecule has 2 aromatic rings. The molecule has 2 heterocycles. The predicted molar refractivity (Wildman–Crippen MR) is 93.2 cm³/mol. The van der Waals surface area contributed by atoms with Crippen molar-refractivity contribution in [2.24, 2.45) is 5.92 Å². The van der Waals surface area contributed by atoms with Gasteiger partial charge in [0.05, 0.1) is 10.6 Å².